The monoisotopic (exact) mass is 338 g/mol. The quantitative estimate of drug-likeness (QED) is 0.673. The molecule has 0 aliphatic carbocycles. The summed E-state index contributed by atoms with van der Waals surface area (Å²) in [6.07, 6.45) is -4.35. The average Bonchev–Trinajstić information content (AvgIpc) is 2.74. The number of anilines is 1. The van der Waals surface area contributed by atoms with Crippen LogP contribution in [0.15, 0.2) is 18.2 Å². The Kier molecular flexibility index (Phi) is 4.32. The van der Waals surface area contributed by atoms with Crippen LogP contribution >= 0.6 is 0 Å². The predicted octanol–water partition coefficient (Wildman–Crippen LogP) is 2.46. The molecule has 6 nitrogen and oxygen atoms in total. The minimum absolute atomic E-state index is 0.0335. The lowest BCUT2D eigenvalue weighted by Gasteiger charge is -2.16. The van der Waals surface area contributed by atoms with Gasteiger partial charge in [0.2, 0.25) is 0 Å². The van der Waals surface area contributed by atoms with Crippen LogP contribution in [0.25, 0.3) is 0 Å². The van der Waals surface area contributed by atoms with Gasteiger partial charge in [-0.2, -0.15) is 13.2 Å². The van der Waals surface area contributed by atoms with E-state index in [2.05, 4.69) is 5.32 Å². The molecule has 1 aromatic rings. The van der Waals surface area contributed by atoms with E-state index >= 15 is 0 Å². The number of non-ortho nitro benzene ring substituents is 1. The summed E-state index contributed by atoms with van der Waals surface area (Å²) < 4.78 is 61.5. The van der Waals surface area contributed by atoms with Gasteiger partial charge in [0.25, 0.3) is 5.69 Å². The fraction of sp³-hybridized carbons (Fsp3) is 0.500. The van der Waals surface area contributed by atoms with Crippen LogP contribution in [0.2, 0.25) is 0 Å². The first-order valence-electron chi connectivity index (χ1n) is 6.38. The summed E-state index contributed by atoms with van der Waals surface area (Å²) in [5, 5.41) is 13.1. The van der Waals surface area contributed by atoms with Gasteiger partial charge in [-0.15, -0.1) is 0 Å². The van der Waals surface area contributed by atoms with Crippen molar-refractivity contribution in [2.45, 2.75) is 12.6 Å². The molecule has 1 N–H and O–H groups in total. The highest BCUT2D eigenvalue weighted by atomic mass is 32.2. The molecule has 1 heterocycles. The van der Waals surface area contributed by atoms with Crippen LogP contribution in [-0.4, -0.2) is 31.4 Å². The maximum absolute atomic E-state index is 13.0. The molecule has 22 heavy (non-hydrogen) atoms. The van der Waals surface area contributed by atoms with Gasteiger partial charge in [0.05, 0.1) is 22.0 Å². The van der Waals surface area contributed by atoms with Crippen LogP contribution < -0.4 is 5.32 Å². The molecule has 10 heteroatoms. The van der Waals surface area contributed by atoms with Crippen molar-refractivity contribution in [2.24, 2.45) is 5.92 Å². The molecule has 0 radical (unpaired) electrons. The van der Waals surface area contributed by atoms with Gasteiger partial charge in [0.15, 0.2) is 9.84 Å². The molecule has 1 fully saturated rings. The molecular formula is C12H13F3N2O4S. The lowest BCUT2D eigenvalue weighted by atomic mass is 10.1. The third kappa shape index (κ3) is 3.87. The Morgan fingerprint density at radius 3 is 2.55 bits per heavy atom. The summed E-state index contributed by atoms with van der Waals surface area (Å²) >= 11 is 0. The lowest BCUT2D eigenvalue weighted by Crippen LogP contribution is -2.18. The number of rotatable bonds is 4. The summed E-state index contributed by atoms with van der Waals surface area (Å²) in [5.74, 6) is -0.290. The first-order valence-corrected chi connectivity index (χ1v) is 8.20. The normalized spacial score (nSPS) is 20.8. The number of nitro groups is 1. The van der Waals surface area contributed by atoms with E-state index in [0.29, 0.717) is 12.5 Å². The molecule has 0 saturated carbocycles. The molecule has 1 unspecified atom stereocenters. The van der Waals surface area contributed by atoms with Gasteiger partial charge in [-0.25, -0.2) is 8.42 Å². The van der Waals surface area contributed by atoms with E-state index in [4.69, 9.17) is 0 Å². The second-order valence-corrected chi connectivity index (χ2v) is 7.36. The molecule has 0 amide bonds. The smallest absolute Gasteiger partial charge is 0.384 e. The van der Waals surface area contributed by atoms with Crippen molar-refractivity contribution in [1.82, 2.24) is 0 Å². The fourth-order valence-corrected chi connectivity index (χ4v) is 4.18. The highest BCUT2D eigenvalue weighted by molar-refractivity contribution is 7.91. The Morgan fingerprint density at radius 2 is 2.05 bits per heavy atom. The van der Waals surface area contributed by atoms with E-state index < -0.39 is 32.2 Å². The molecule has 0 spiro atoms. The molecule has 0 aromatic heterocycles. The van der Waals surface area contributed by atoms with Crippen molar-refractivity contribution in [1.29, 1.82) is 0 Å². The Morgan fingerprint density at radius 1 is 1.36 bits per heavy atom. The molecular weight excluding hydrogens is 325 g/mol. The number of nitrogens with zero attached hydrogens (tertiary/aromatic N) is 1. The summed E-state index contributed by atoms with van der Waals surface area (Å²) in [6, 6.07) is 2.43. The van der Waals surface area contributed by atoms with E-state index in [9.17, 15) is 31.7 Å². The zero-order chi connectivity index (χ0) is 16.5. The van der Waals surface area contributed by atoms with E-state index in [1.54, 1.807) is 0 Å². The van der Waals surface area contributed by atoms with E-state index in [1.165, 1.54) is 0 Å². The van der Waals surface area contributed by atoms with Crippen molar-refractivity contribution in [3.63, 3.8) is 0 Å². The maximum atomic E-state index is 13.0. The number of nitro benzene ring substituents is 1. The van der Waals surface area contributed by atoms with Crippen molar-refractivity contribution >= 4 is 21.2 Å². The molecule has 2 rings (SSSR count). The van der Waals surface area contributed by atoms with Gasteiger partial charge in [0.1, 0.15) is 0 Å². The van der Waals surface area contributed by atoms with Crippen molar-refractivity contribution in [3.05, 3.63) is 33.9 Å². The molecule has 0 bridgehead atoms. The van der Waals surface area contributed by atoms with Crippen LogP contribution in [0.1, 0.15) is 12.0 Å². The molecule has 1 aliphatic heterocycles. The number of alkyl halides is 3. The zero-order valence-electron chi connectivity index (χ0n) is 11.3. The third-order valence-corrected chi connectivity index (χ3v) is 5.26. The largest absolute Gasteiger partial charge is 0.418 e. The van der Waals surface area contributed by atoms with Gasteiger partial charge < -0.3 is 5.32 Å². The number of hydrogen-bond donors (Lipinski definition) is 1. The average molecular weight is 338 g/mol. The number of halogens is 3. The second kappa shape index (κ2) is 5.75. The predicted molar refractivity (Wildman–Crippen MR) is 73.3 cm³/mol. The molecule has 1 saturated heterocycles. The molecule has 1 aliphatic rings. The van der Waals surface area contributed by atoms with Crippen molar-refractivity contribution in [2.75, 3.05) is 23.4 Å². The minimum atomic E-state index is -4.74. The standard InChI is InChI=1S/C12H13F3N2O4S/c13-12(14,15)10-5-9(17(18)19)1-2-11(10)16-6-8-3-4-22(20,21)7-8/h1-2,5,8,16H,3-4,6-7H2. The highest BCUT2D eigenvalue weighted by Crippen LogP contribution is 2.37. The Balaban J connectivity index is 2.18. The van der Waals surface area contributed by atoms with Gasteiger partial charge >= 0.3 is 6.18 Å². The van der Waals surface area contributed by atoms with Crippen molar-refractivity contribution in [3.8, 4) is 0 Å². The number of sulfone groups is 1. The maximum Gasteiger partial charge on any atom is 0.418 e. The molecule has 1 aromatic carbocycles. The van der Waals surface area contributed by atoms with E-state index in [0.717, 1.165) is 12.1 Å². The van der Waals surface area contributed by atoms with Crippen LogP contribution in [0, 0.1) is 16.0 Å². The van der Waals surface area contributed by atoms with Crippen LogP contribution in [0.3, 0.4) is 0 Å². The summed E-state index contributed by atoms with van der Waals surface area (Å²) in [4.78, 5) is 9.68. The third-order valence-electron chi connectivity index (χ3n) is 3.43. The van der Waals surface area contributed by atoms with Gasteiger partial charge in [-0.3, -0.25) is 10.1 Å². The van der Waals surface area contributed by atoms with Crippen molar-refractivity contribution < 1.29 is 26.5 Å². The number of nitrogens with one attached hydrogen (secondary N) is 1. The summed E-state index contributed by atoms with van der Waals surface area (Å²) in [5.41, 5.74) is -2.08. The van der Waals surface area contributed by atoms with Gasteiger partial charge in [-0.1, -0.05) is 0 Å². The van der Waals surface area contributed by atoms with Gasteiger partial charge in [-0.05, 0) is 18.4 Å². The topological polar surface area (TPSA) is 89.3 Å². The number of benzene rings is 1. The fourth-order valence-electron chi connectivity index (χ4n) is 2.32. The van der Waals surface area contributed by atoms with E-state index in [1.807, 2.05) is 0 Å². The minimum Gasteiger partial charge on any atom is -0.384 e. The SMILES string of the molecule is O=[N+]([O-])c1ccc(NCC2CCS(=O)(=O)C2)c(C(F)(F)F)c1. The van der Waals surface area contributed by atoms with Crippen LogP contribution in [-0.2, 0) is 16.0 Å². The zero-order valence-corrected chi connectivity index (χ0v) is 12.1. The summed E-state index contributed by atoms with van der Waals surface area (Å²) in [7, 11) is -3.11. The van der Waals surface area contributed by atoms with E-state index in [-0.39, 0.29) is 29.7 Å². The summed E-state index contributed by atoms with van der Waals surface area (Å²) in [6.45, 7) is 0.0696. The first kappa shape index (κ1) is 16.5. The Labute approximate surface area is 124 Å². The Hall–Kier alpha value is -1.84. The second-order valence-electron chi connectivity index (χ2n) is 5.13. The Bertz CT molecular complexity index is 688. The first-order chi connectivity index (χ1) is 10.1. The highest BCUT2D eigenvalue weighted by Gasteiger charge is 2.35. The van der Waals surface area contributed by atoms with Gasteiger partial charge in [0, 0.05) is 24.4 Å². The lowest BCUT2D eigenvalue weighted by molar-refractivity contribution is -0.385. The van der Waals surface area contributed by atoms with Crippen LogP contribution in [0.5, 0.6) is 0 Å². The van der Waals surface area contributed by atoms with Crippen LogP contribution in [0.4, 0.5) is 24.5 Å². The number of hydrogen-bond acceptors (Lipinski definition) is 5. The molecule has 122 valence electrons. The molecule has 1 atom stereocenters.